The Balaban J connectivity index is 1.27. The lowest BCUT2D eigenvalue weighted by molar-refractivity contribution is -0.688. The second-order valence-corrected chi connectivity index (χ2v) is 9.05. The van der Waals surface area contributed by atoms with Crippen molar-refractivity contribution < 1.29 is 48.2 Å². The number of pyridine rings is 1. The van der Waals surface area contributed by atoms with Crippen molar-refractivity contribution in [3.63, 3.8) is 0 Å². The fourth-order valence-electron chi connectivity index (χ4n) is 3.83. The van der Waals surface area contributed by atoms with Crippen LogP contribution in [0, 0.1) is 0 Å². The molecule has 2 aromatic carbocycles. The van der Waals surface area contributed by atoms with Gasteiger partial charge in [-0.15, -0.1) is 9.06 Å². The zero-order valence-electron chi connectivity index (χ0n) is 20.8. The average molecular weight is 565 g/mol. The maximum absolute atomic E-state index is 12.5. The van der Waals surface area contributed by atoms with E-state index in [9.17, 15) is 15.0 Å². The fraction of sp³-hybridized carbons (Fsp3) is 0.0741. The Hall–Kier alpha value is -4.82. The normalized spacial score (nSPS) is 10.9. The first kappa shape index (κ1) is 26.8. The van der Waals surface area contributed by atoms with Gasteiger partial charge in [0.25, 0.3) is 0 Å². The summed E-state index contributed by atoms with van der Waals surface area (Å²) in [6.07, 6.45) is 5.32. The molecular weight excluding hydrogens is 542 g/mol. The van der Waals surface area contributed by atoms with Crippen LogP contribution in [0.2, 0.25) is 0 Å². The maximum Gasteiger partial charge on any atom is 0.363 e. The summed E-state index contributed by atoms with van der Waals surface area (Å²) in [4.78, 5) is 22.5. The van der Waals surface area contributed by atoms with Gasteiger partial charge < -0.3 is 24.2 Å². The van der Waals surface area contributed by atoms with E-state index in [1.807, 2.05) is 35.2 Å². The van der Waals surface area contributed by atoms with E-state index in [0.717, 1.165) is 28.7 Å². The van der Waals surface area contributed by atoms with Crippen LogP contribution in [-0.4, -0.2) is 38.3 Å². The largest absolute Gasteiger partial charge is 0.495 e. The number of hydrogen-bond acceptors (Lipinski definition) is 11. The third-order valence-electron chi connectivity index (χ3n) is 5.75. The summed E-state index contributed by atoms with van der Waals surface area (Å²) < 4.78 is 18.3. The lowest BCUT2D eigenvalue weighted by atomic mass is 10.1. The van der Waals surface area contributed by atoms with Gasteiger partial charge in [-0.3, -0.25) is 0 Å². The molecule has 0 fully saturated rings. The number of aromatic hydroxyl groups is 2. The number of rotatable bonds is 10. The topological polar surface area (TPSA) is 150 Å². The summed E-state index contributed by atoms with van der Waals surface area (Å²) in [7, 11) is 1.52. The zero-order chi connectivity index (χ0) is 28.1. The van der Waals surface area contributed by atoms with Gasteiger partial charge in [0.1, 0.15) is 5.75 Å². The molecule has 40 heavy (non-hydrogen) atoms. The minimum atomic E-state index is -0.736. The van der Waals surface area contributed by atoms with Gasteiger partial charge in [-0.1, -0.05) is 17.2 Å². The van der Waals surface area contributed by atoms with Crippen LogP contribution in [0.15, 0.2) is 94.6 Å². The SMILES string of the molecule is COc1ccc(-c2cnc(-c3cc[n+](Cc4cccc(C(=O)On5c(O)ccc5O)c4)cc3)o2)cc1SOOO. The molecule has 3 heterocycles. The lowest BCUT2D eigenvalue weighted by Crippen LogP contribution is -2.33. The fourth-order valence-corrected chi connectivity index (χ4v) is 4.34. The van der Waals surface area contributed by atoms with Gasteiger partial charge >= 0.3 is 5.97 Å². The molecule has 5 rings (SSSR count). The van der Waals surface area contributed by atoms with Crippen LogP contribution >= 0.6 is 12.0 Å². The Bertz CT molecular complexity index is 1610. The van der Waals surface area contributed by atoms with Crippen molar-refractivity contribution in [1.29, 1.82) is 0 Å². The van der Waals surface area contributed by atoms with Crippen LogP contribution in [0.25, 0.3) is 22.8 Å². The first-order chi connectivity index (χ1) is 19.4. The Labute approximate surface area is 231 Å². The third kappa shape index (κ3) is 5.92. The van der Waals surface area contributed by atoms with E-state index in [2.05, 4.69) is 14.4 Å². The highest BCUT2D eigenvalue weighted by atomic mass is 32.2. The van der Waals surface area contributed by atoms with Crippen molar-refractivity contribution in [3.8, 4) is 40.3 Å². The van der Waals surface area contributed by atoms with Crippen LogP contribution in [-0.2, 0) is 15.9 Å². The van der Waals surface area contributed by atoms with Crippen molar-refractivity contribution in [1.82, 2.24) is 9.71 Å². The van der Waals surface area contributed by atoms with Crippen molar-refractivity contribution >= 4 is 18.0 Å². The van der Waals surface area contributed by atoms with Crippen molar-refractivity contribution in [2.75, 3.05) is 7.11 Å². The summed E-state index contributed by atoms with van der Waals surface area (Å²) >= 11 is 0.781. The second-order valence-electron chi connectivity index (χ2n) is 8.30. The number of aromatic nitrogens is 3. The highest BCUT2D eigenvalue weighted by molar-refractivity contribution is 7.94. The molecule has 0 amide bonds. The Morgan fingerprint density at radius 3 is 2.52 bits per heavy atom. The molecule has 0 atom stereocenters. The van der Waals surface area contributed by atoms with Crippen LogP contribution in [0.1, 0.15) is 15.9 Å². The number of oxazole rings is 1. The number of benzene rings is 2. The molecule has 0 unspecified atom stereocenters. The average Bonchev–Trinajstić information content (AvgIpc) is 3.59. The second kappa shape index (κ2) is 11.9. The molecule has 204 valence electrons. The van der Waals surface area contributed by atoms with Crippen LogP contribution in [0.5, 0.6) is 17.5 Å². The highest BCUT2D eigenvalue weighted by Gasteiger charge is 2.17. The minimum Gasteiger partial charge on any atom is -0.495 e. The predicted molar refractivity (Wildman–Crippen MR) is 139 cm³/mol. The van der Waals surface area contributed by atoms with Crippen LogP contribution in [0.4, 0.5) is 0 Å². The molecule has 5 aromatic rings. The standard InChI is InChI=1S/C27H21N3O9S/c1-35-21-6-5-19(14-23(21)40-39-38-34)22-15-28-26(36-22)18-9-11-29(12-10-18)16-17-3-2-4-20(13-17)27(33)37-30-24(31)7-8-25(30)32/h2-15,28,34H,16H2,1H3/p+1. The first-order valence-corrected chi connectivity index (χ1v) is 12.4. The summed E-state index contributed by atoms with van der Waals surface area (Å²) in [5.74, 6) is -0.0620. The molecule has 0 aliphatic heterocycles. The molecule has 12 nitrogen and oxygen atoms in total. The van der Waals surface area contributed by atoms with Crippen molar-refractivity contribution in [2.24, 2.45) is 0 Å². The van der Waals surface area contributed by atoms with Gasteiger partial charge in [0.2, 0.25) is 17.7 Å². The number of ether oxygens (including phenoxy) is 1. The number of carbonyl (C=O) groups excluding carboxylic acids is 1. The van der Waals surface area contributed by atoms with E-state index in [4.69, 9.17) is 19.2 Å². The van der Waals surface area contributed by atoms with Gasteiger partial charge in [0, 0.05) is 41.0 Å². The summed E-state index contributed by atoms with van der Waals surface area (Å²) in [6.45, 7) is 0.462. The van der Waals surface area contributed by atoms with E-state index in [1.54, 1.807) is 42.6 Å². The molecule has 0 aliphatic carbocycles. The molecule has 3 aromatic heterocycles. The summed E-state index contributed by atoms with van der Waals surface area (Å²) in [5, 5.41) is 31.5. The molecule has 3 N–H and O–H groups in total. The van der Waals surface area contributed by atoms with Gasteiger partial charge in [0.15, 0.2) is 24.7 Å². The van der Waals surface area contributed by atoms with E-state index >= 15 is 0 Å². The van der Waals surface area contributed by atoms with Gasteiger partial charge in [-0.05, 0) is 30.3 Å². The molecular formula is C27H22N3O9S+. The predicted octanol–water partition coefficient (Wildman–Crippen LogP) is 4.26. The quantitative estimate of drug-likeness (QED) is 0.0966. The number of nitrogens with zero attached hydrogens (tertiary/aromatic N) is 3. The minimum absolute atomic E-state index is 0.255. The molecule has 0 saturated heterocycles. The molecule has 0 saturated carbocycles. The van der Waals surface area contributed by atoms with Gasteiger partial charge in [0.05, 0.1) is 35.8 Å². The van der Waals surface area contributed by atoms with E-state index in [0.29, 0.717) is 33.6 Å². The number of methoxy groups -OCH3 is 1. The Kier molecular flexibility index (Phi) is 7.98. The van der Waals surface area contributed by atoms with Crippen LogP contribution in [0.3, 0.4) is 0 Å². The zero-order valence-corrected chi connectivity index (χ0v) is 21.6. The van der Waals surface area contributed by atoms with Gasteiger partial charge in [-0.2, -0.15) is 0 Å². The third-order valence-corrected chi connectivity index (χ3v) is 6.37. The molecule has 0 spiro atoms. The maximum atomic E-state index is 12.5. The molecule has 0 radical (unpaired) electrons. The monoisotopic (exact) mass is 564 g/mol. The van der Waals surface area contributed by atoms with Crippen molar-refractivity contribution in [3.05, 3.63) is 96.4 Å². The van der Waals surface area contributed by atoms with Crippen LogP contribution < -0.4 is 14.1 Å². The van der Waals surface area contributed by atoms with E-state index in [1.165, 1.54) is 19.2 Å². The van der Waals surface area contributed by atoms with E-state index in [-0.39, 0.29) is 5.56 Å². The van der Waals surface area contributed by atoms with E-state index < -0.39 is 17.7 Å². The number of carbonyl (C=O) groups is 1. The van der Waals surface area contributed by atoms with Crippen molar-refractivity contribution in [2.45, 2.75) is 11.4 Å². The first-order valence-electron chi connectivity index (χ1n) is 11.6. The Morgan fingerprint density at radius 1 is 1.02 bits per heavy atom. The lowest BCUT2D eigenvalue weighted by Gasteiger charge is -2.07. The summed E-state index contributed by atoms with van der Waals surface area (Å²) in [5.41, 5.74) is 2.56. The smallest absolute Gasteiger partial charge is 0.363 e. The Morgan fingerprint density at radius 2 is 1.80 bits per heavy atom. The molecule has 13 heteroatoms. The summed E-state index contributed by atoms with van der Waals surface area (Å²) in [6, 6.07) is 18.2. The highest BCUT2D eigenvalue weighted by Crippen LogP contribution is 2.35. The number of hydrogen-bond donors (Lipinski definition) is 3. The molecule has 0 bridgehead atoms. The molecule has 0 aliphatic rings. The van der Waals surface area contributed by atoms with Gasteiger partial charge in [-0.25, -0.2) is 19.6 Å².